The molecule has 1 amide bonds. The van der Waals surface area contributed by atoms with Crippen molar-refractivity contribution in [3.05, 3.63) is 35.9 Å². The highest BCUT2D eigenvalue weighted by atomic mass is 32.2. The van der Waals surface area contributed by atoms with Crippen LogP contribution in [0.15, 0.2) is 35.3 Å². The molecule has 2 aliphatic heterocycles. The molecule has 0 spiro atoms. The van der Waals surface area contributed by atoms with E-state index in [1.165, 1.54) is 5.56 Å². The van der Waals surface area contributed by atoms with Crippen molar-refractivity contribution in [2.75, 3.05) is 37.7 Å². The van der Waals surface area contributed by atoms with Gasteiger partial charge in [-0.2, -0.15) is 11.8 Å². The van der Waals surface area contributed by atoms with Gasteiger partial charge < -0.3 is 15.5 Å². The second-order valence-electron chi connectivity index (χ2n) is 6.13. The number of rotatable bonds is 4. The van der Waals surface area contributed by atoms with Crippen LogP contribution >= 0.6 is 11.8 Å². The highest BCUT2D eigenvalue weighted by molar-refractivity contribution is 7.99. The lowest BCUT2D eigenvalue weighted by Gasteiger charge is -2.27. The average Bonchev–Trinajstić information content (AvgIpc) is 2.94. The molecule has 2 saturated heterocycles. The Bertz CT molecular complexity index is 557. The number of nitrogens with two attached hydrogens (primary N) is 1. The van der Waals surface area contributed by atoms with E-state index in [0.29, 0.717) is 25.5 Å². The number of benzene rings is 1. The fourth-order valence-corrected chi connectivity index (χ4v) is 3.95. The summed E-state index contributed by atoms with van der Waals surface area (Å²) in [5.41, 5.74) is 7.26. The first-order valence-corrected chi connectivity index (χ1v) is 9.32. The number of thioether (sulfide) groups is 1. The summed E-state index contributed by atoms with van der Waals surface area (Å²) >= 11 is 1.96. The first-order valence-electron chi connectivity index (χ1n) is 8.16. The predicted molar refractivity (Wildman–Crippen MR) is 95.4 cm³/mol. The summed E-state index contributed by atoms with van der Waals surface area (Å²) in [5, 5.41) is 0. The smallest absolute Gasteiger partial charge is 0.223 e. The topological polar surface area (TPSA) is 61.9 Å². The van der Waals surface area contributed by atoms with Crippen LogP contribution < -0.4 is 5.73 Å². The molecule has 0 saturated carbocycles. The van der Waals surface area contributed by atoms with E-state index in [4.69, 9.17) is 5.73 Å². The van der Waals surface area contributed by atoms with Crippen molar-refractivity contribution in [3.63, 3.8) is 0 Å². The van der Waals surface area contributed by atoms with Crippen molar-refractivity contribution in [2.24, 2.45) is 16.6 Å². The number of carbonyl (C=O) groups excluding carboxylic acids is 1. The zero-order valence-corrected chi connectivity index (χ0v) is 14.2. The normalized spacial score (nSPS) is 22.7. The second-order valence-corrected chi connectivity index (χ2v) is 7.35. The van der Waals surface area contributed by atoms with Crippen molar-refractivity contribution in [2.45, 2.75) is 13.0 Å². The maximum Gasteiger partial charge on any atom is 0.223 e. The van der Waals surface area contributed by atoms with E-state index in [2.05, 4.69) is 22.0 Å². The Morgan fingerprint density at radius 2 is 2.00 bits per heavy atom. The molecule has 2 aliphatic rings. The molecule has 1 atom stereocenters. The van der Waals surface area contributed by atoms with Gasteiger partial charge in [-0.1, -0.05) is 30.3 Å². The predicted octanol–water partition coefficient (Wildman–Crippen LogP) is 1.40. The van der Waals surface area contributed by atoms with E-state index >= 15 is 0 Å². The Hall–Kier alpha value is -1.69. The molecule has 2 fully saturated rings. The third-order valence-corrected chi connectivity index (χ3v) is 5.30. The Balaban J connectivity index is 1.51. The number of hydrogen-bond donors (Lipinski definition) is 1. The molecule has 6 heteroatoms. The Morgan fingerprint density at radius 1 is 1.26 bits per heavy atom. The monoisotopic (exact) mass is 332 g/mol. The number of nitrogens with zero attached hydrogens (tertiary/aromatic N) is 3. The zero-order chi connectivity index (χ0) is 16.1. The first kappa shape index (κ1) is 16.2. The maximum absolute atomic E-state index is 12.2. The highest BCUT2D eigenvalue weighted by Gasteiger charge is 2.29. The van der Waals surface area contributed by atoms with Crippen LogP contribution in [0.5, 0.6) is 0 Å². The van der Waals surface area contributed by atoms with Gasteiger partial charge in [0.2, 0.25) is 5.91 Å². The van der Waals surface area contributed by atoms with Gasteiger partial charge >= 0.3 is 0 Å². The van der Waals surface area contributed by atoms with Crippen LogP contribution in [0, 0.1) is 5.92 Å². The Labute approximate surface area is 141 Å². The summed E-state index contributed by atoms with van der Waals surface area (Å²) in [6.45, 7) is 4.07. The molecular weight excluding hydrogens is 308 g/mol. The molecule has 0 aromatic heterocycles. The molecule has 0 radical (unpaired) electrons. The Kier molecular flexibility index (Phi) is 5.43. The van der Waals surface area contributed by atoms with Crippen LogP contribution in [0.25, 0.3) is 0 Å². The molecule has 2 N–H and O–H groups in total. The number of amides is 1. The zero-order valence-electron chi connectivity index (χ0n) is 13.4. The maximum atomic E-state index is 12.2. The van der Waals surface area contributed by atoms with Gasteiger partial charge in [0.1, 0.15) is 0 Å². The van der Waals surface area contributed by atoms with Crippen molar-refractivity contribution in [1.82, 2.24) is 9.80 Å². The van der Waals surface area contributed by atoms with E-state index in [9.17, 15) is 4.79 Å². The third kappa shape index (κ3) is 4.41. The minimum atomic E-state index is 0.224. The number of hydrogen-bond acceptors (Lipinski definition) is 3. The van der Waals surface area contributed by atoms with E-state index in [0.717, 1.165) is 31.1 Å². The standard InChI is InChI=1S/C17H24N4OS/c18-17(20-6-8-23-9-7-20)19-11-15-10-16(22)21(13-15)12-14-4-2-1-3-5-14/h1-5,15H,6-13H2,(H2,18,19). The summed E-state index contributed by atoms with van der Waals surface area (Å²) in [4.78, 5) is 20.8. The van der Waals surface area contributed by atoms with Crippen molar-refractivity contribution in [1.29, 1.82) is 0 Å². The number of guanidine groups is 1. The molecule has 0 bridgehead atoms. The van der Waals surface area contributed by atoms with E-state index in [1.54, 1.807) is 0 Å². The molecule has 3 rings (SSSR count). The van der Waals surface area contributed by atoms with Crippen LogP contribution in [0.3, 0.4) is 0 Å². The molecule has 0 aliphatic carbocycles. The van der Waals surface area contributed by atoms with E-state index in [-0.39, 0.29) is 11.8 Å². The fraction of sp³-hybridized carbons (Fsp3) is 0.529. The van der Waals surface area contributed by atoms with Crippen LogP contribution in [0.4, 0.5) is 0 Å². The summed E-state index contributed by atoms with van der Waals surface area (Å²) in [6.07, 6.45) is 0.583. The highest BCUT2D eigenvalue weighted by Crippen LogP contribution is 2.20. The third-order valence-electron chi connectivity index (χ3n) is 4.36. The molecule has 124 valence electrons. The SMILES string of the molecule is NC(=NCC1CC(=O)N(Cc2ccccc2)C1)N1CCSCC1. The summed E-state index contributed by atoms with van der Waals surface area (Å²) in [5.74, 6) is 3.37. The van der Waals surface area contributed by atoms with Gasteiger partial charge in [0.15, 0.2) is 5.96 Å². The van der Waals surface area contributed by atoms with E-state index in [1.807, 2.05) is 34.9 Å². The molecular formula is C17H24N4OS. The largest absolute Gasteiger partial charge is 0.370 e. The number of carbonyl (C=O) groups is 1. The van der Waals surface area contributed by atoms with Crippen LogP contribution in [-0.2, 0) is 11.3 Å². The quantitative estimate of drug-likeness (QED) is 0.669. The molecule has 5 nitrogen and oxygen atoms in total. The van der Waals surface area contributed by atoms with Gasteiger partial charge in [-0.05, 0) is 5.56 Å². The molecule has 1 aromatic carbocycles. The molecule has 23 heavy (non-hydrogen) atoms. The van der Waals surface area contributed by atoms with Gasteiger partial charge in [-0.3, -0.25) is 9.79 Å². The molecule has 2 heterocycles. The first-order chi connectivity index (χ1) is 11.2. The second kappa shape index (κ2) is 7.73. The lowest BCUT2D eigenvalue weighted by Crippen LogP contribution is -2.43. The van der Waals surface area contributed by atoms with Gasteiger partial charge in [0.05, 0.1) is 0 Å². The summed E-state index contributed by atoms with van der Waals surface area (Å²) < 4.78 is 0. The summed E-state index contributed by atoms with van der Waals surface area (Å²) in [7, 11) is 0. The lowest BCUT2D eigenvalue weighted by atomic mass is 10.1. The van der Waals surface area contributed by atoms with Crippen LogP contribution in [0.2, 0.25) is 0 Å². The summed E-state index contributed by atoms with van der Waals surface area (Å²) in [6, 6.07) is 10.1. The number of aliphatic imine (C=N–C) groups is 1. The minimum absolute atomic E-state index is 0.224. The van der Waals surface area contributed by atoms with Crippen molar-refractivity contribution >= 4 is 23.6 Å². The van der Waals surface area contributed by atoms with E-state index < -0.39 is 0 Å². The number of likely N-dealkylation sites (tertiary alicyclic amines) is 1. The average molecular weight is 332 g/mol. The lowest BCUT2D eigenvalue weighted by molar-refractivity contribution is -0.128. The minimum Gasteiger partial charge on any atom is -0.370 e. The van der Waals surface area contributed by atoms with Crippen LogP contribution in [0.1, 0.15) is 12.0 Å². The van der Waals surface area contributed by atoms with Gasteiger partial charge in [0, 0.05) is 56.6 Å². The van der Waals surface area contributed by atoms with Gasteiger partial charge in [0.25, 0.3) is 0 Å². The Morgan fingerprint density at radius 3 is 2.74 bits per heavy atom. The van der Waals surface area contributed by atoms with Crippen LogP contribution in [-0.4, -0.2) is 59.4 Å². The molecule has 1 unspecified atom stereocenters. The fourth-order valence-electron chi connectivity index (χ4n) is 3.05. The van der Waals surface area contributed by atoms with Crippen molar-refractivity contribution in [3.8, 4) is 0 Å². The van der Waals surface area contributed by atoms with Gasteiger partial charge in [-0.15, -0.1) is 0 Å². The van der Waals surface area contributed by atoms with Gasteiger partial charge in [-0.25, -0.2) is 0 Å². The van der Waals surface area contributed by atoms with Crippen molar-refractivity contribution < 1.29 is 4.79 Å². The molecule has 1 aromatic rings.